The molecule has 2 saturated heterocycles. The molecule has 0 aromatic carbocycles. The molecule has 2 fully saturated rings. The number of ether oxygens (including phenoxy) is 1. The maximum Gasteiger partial charge on any atom is 0.410 e. The molecule has 0 unspecified atom stereocenters. The largest absolute Gasteiger partial charge is 0.447 e. The van der Waals surface area contributed by atoms with Crippen molar-refractivity contribution in [1.82, 2.24) is 4.90 Å². The number of piperidine rings is 1. The van der Waals surface area contributed by atoms with Crippen LogP contribution < -0.4 is 0 Å². The Labute approximate surface area is 93.7 Å². The molecular formula is C11H15NO4. The lowest BCUT2D eigenvalue weighted by atomic mass is 9.85. The second kappa shape index (κ2) is 4.23. The van der Waals surface area contributed by atoms with Gasteiger partial charge in [-0.3, -0.25) is 9.69 Å². The Balaban J connectivity index is 2.20. The maximum absolute atomic E-state index is 11.5. The van der Waals surface area contributed by atoms with Crippen molar-refractivity contribution in [2.24, 2.45) is 5.92 Å². The molecule has 3 atom stereocenters. The quantitative estimate of drug-likeness (QED) is 0.665. The number of ketones is 1. The van der Waals surface area contributed by atoms with Gasteiger partial charge in [0.05, 0.1) is 12.1 Å². The zero-order valence-electron chi connectivity index (χ0n) is 9.22. The number of cyclic esters (lactones) is 1. The highest BCUT2D eigenvalue weighted by molar-refractivity contribution is 5.79. The molecule has 2 aliphatic rings. The molecular weight excluding hydrogens is 210 g/mol. The predicted octanol–water partition coefficient (Wildman–Crippen LogP) is 0.764. The van der Waals surface area contributed by atoms with Gasteiger partial charge < -0.3 is 9.53 Å². The SMILES string of the molecule is CC(=O)C[C@H]1[C@H](C=O)CC[C@H]2COC(=O)N21. The van der Waals surface area contributed by atoms with Crippen LogP contribution in [0.25, 0.3) is 0 Å². The summed E-state index contributed by atoms with van der Waals surface area (Å²) in [5.74, 6) is -0.233. The Morgan fingerprint density at radius 1 is 1.56 bits per heavy atom. The zero-order valence-corrected chi connectivity index (χ0v) is 9.22. The number of carbonyl (C=O) groups excluding carboxylic acids is 3. The van der Waals surface area contributed by atoms with Crippen LogP contribution in [0.3, 0.4) is 0 Å². The summed E-state index contributed by atoms with van der Waals surface area (Å²) in [5, 5.41) is 0. The highest BCUT2D eigenvalue weighted by Crippen LogP contribution is 2.33. The minimum atomic E-state index is -0.386. The van der Waals surface area contributed by atoms with E-state index in [0.717, 1.165) is 19.1 Å². The molecule has 2 aliphatic heterocycles. The Bertz CT molecular complexity index is 328. The number of nitrogens with zero attached hydrogens (tertiary/aromatic N) is 1. The van der Waals surface area contributed by atoms with Crippen LogP contribution in [0.15, 0.2) is 0 Å². The van der Waals surface area contributed by atoms with Gasteiger partial charge in [0.15, 0.2) is 0 Å². The normalized spacial score (nSPS) is 33.2. The molecule has 88 valence electrons. The van der Waals surface area contributed by atoms with Gasteiger partial charge in [-0.2, -0.15) is 0 Å². The predicted molar refractivity (Wildman–Crippen MR) is 54.8 cm³/mol. The topological polar surface area (TPSA) is 63.7 Å². The molecule has 0 bridgehead atoms. The summed E-state index contributed by atoms with van der Waals surface area (Å²) in [7, 11) is 0. The number of Topliss-reactive ketones (excluding diaryl/α,β-unsaturated/α-hetero) is 1. The number of aldehydes is 1. The first-order chi connectivity index (χ1) is 7.63. The first-order valence-electron chi connectivity index (χ1n) is 5.53. The third-order valence-electron chi connectivity index (χ3n) is 3.36. The second-order valence-corrected chi connectivity index (χ2v) is 4.49. The highest BCUT2D eigenvalue weighted by Gasteiger charge is 2.45. The molecule has 0 radical (unpaired) electrons. The summed E-state index contributed by atoms with van der Waals surface area (Å²) in [4.78, 5) is 35.3. The van der Waals surface area contributed by atoms with E-state index in [1.165, 1.54) is 6.92 Å². The lowest BCUT2D eigenvalue weighted by Crippen LogP contribution is -2.51. The minimum absolute atomic E-state index is 0.00259. The Kier molecular flexibility index (Phi) is 2.94. The van der Waals surface area contributed by atoms with Crippen molar-refractivity contribution in [3.63, 3.8) is 0 Å². The van der Waals surface area contributed by atoms with Crippen LogP contribution in [0.5, 0.6) is 0 Å². The molecule has 0 aromatic rings. The van der Waals surface area contributed by atoms with Crippen LogP contribution in [0.4, 0.5) is 4.79 Å². The summed E-state index contributed by atoms with van der Waals surface area (Å²) in [6.45, 7) is 1.87. The molecule has 2 heterocycles. The first kappa shape index (κ1) is 11.1. The average molecular weight is 225 g/mol. The zero-order chi connectivity index (χ0) is 11.7. The number of carbonyl (C=O) groups is 3. The summed E-state index contributed by atoms with van der Waals surface area (Å²) in [5.41, 5.74) is 0. The Morgan fingerprint density at radius 3 is 2.94 bits per heavy atom. The maximum atomic E-state index is 11.5. The van der Waals surface area contributed by atoms with Gasteiger partial charge in [0.2, 0.25) is 0 Å². The van der Waals surface area contributed by atoms with E-state index >= 15 is 0 Å². The van der Waals surface area contributed by atoms with Gasteiger partial charge in [0, 0.05) is 12.3 Å². The average Bonchev–Trinajstić information content (AvgIpc) is 2.60. The van der Waals surface area contributed by atoms with Gasteiger partial charge >= 0.3 is 6.09 Å². The van der Waals surface area contributed by atoms with Crippen molar-refractivity contribution in [1.29, 1.82) is 0 Å². The van der Waals surface area contributed by atoms with Crippen molar-refractivity contribution in [2.45, 2.75) is 38.3 Å². The van der Waals surface area contributed by atoms with Gasteiger partial charge in [-0.05, 0) is 19.8 Å². The molecule has 0 spiro atoms. The molecule has 0 saturated carbocycles. The van der Waals surface area contributed by atoms with Crippen LogP contribution in [-0.2, 0) is 14.3 Å². The van der Waals surface area contributed by atoms with Crippen molar-refractivity contribution in [3.05, 3.63) is 0 Å². The molecule has 1 amide bonds. The van der Waals surface area contributed by atoms with Crippen LogP contribution in [-0.4, -0.2) is 41.8 Å². The van der Waals surface area contributed by atoms with Crippen molar-refractivity contribution >= 4 is 18.2 Å². The van der Waals surface area contributed by atoms with E-state index in [0.29, 0.717) is 6.61 Å². The van der Waals surface area contributed by atoms with E-state index in [1.54, 1.807) is 4.90 Å². The van der Waals surface area contributed by atoms with Gasteiger partial charge in [0.1, 0.15) is 18.7 Å². The lowest BCUT2D eigenvalue weighted by Gasteiger charge is -2.38. The van der Waals surface area contributed by atoms with Crippen LogP contribution in [0, 0.1) is 5.92 Å². The number of hydrogen-bond acceptors (Lipinski definition) is 4. The molecule has 5 heteroatoms. The molecule has 2 rings (SSSR count). The van der Waals surface area contributed by atoms with E-state index in [1.807, 2.05) is 0 Å². The van der Waals surface area contributed by atoms with Crippen molar-refractivity contribution < 1.29 is 19.1 Å². The standard InChI is InChI=1S/C11H15NO4/c1-7(14)4-10-8(5-13)2-3-9-6-16-11(15)12(9)10/h5,8-10H,2-4,6H2,1H3/t8-,9-,10-/m0/s1. The lowest BCUT2D eigenvalue weighted by molar-refractivity contribution is -0.120. The van der Waals surface area contributed by atoms with Gasteiger partial charge in [0.25, 0.3) is 0 Å². The van der Waals surface area contributed by atoms with Gasteiger partial charge in [-0.1, -0.05) is 0 Å². The summed E-state index contributed by atoms with van der Waals surface area (Å²) < 4.78 is 4.96. The molecule has 0 aliphatic carbocycles. The summed E-state index contributed by atoms with van der Waals surface area (Å²) in [6.07, 6.45) is 2.23. The van der Waals surface area contributed by atoms with Gasteiger partial charge in [-0.25, -0.2) is 4.79 Å². The van der Waals surface area contributed by atoms with E-state index in [9.17, 15) is 14.4 Å². The van der Waals surface area contributed by atoms with Gasteiger partial charge in [-0.15, -0.1) is 0 Å². The molecule has 16 heavy (non-hydrogen) atoms. The smallest absolute Gasteiger partial charge is 0.410 e. The number of hydrogen-bond donors (Lipinski definition) is 0. The van der Waals surface area contributed by atoms with E-state index in [2.05, 4.69) is 0 Å². The number of rotatable bonds is 3. The Morgan fingerprint density at radius 2 is 2.31 bits per heavy atom. The van der Waals surface area contributed by atoms with E-state index in [4.69, 9.17) is 4.74 Å². The second-order valence-electron chi connectivity index (χ2n) is 4.49. The fraction of sp³-hybridized carbons (Fsp3) is 0.727. The number of amides is 1. The summed E-state index contributed by atoms with van der Waals surface area (Å²) >= 11 is 0. The van der Waals surface area contributed by atoms with Crippen molar-refractivity contribution in [3.8, 4) is 0 Å². The van der Waals surface area contributed by atoms with E-state index in [-0.39, 0.29) is 36.3 Å². The Hall–Kier alpha value is -1.39. The fourth-order valence-corrected chi connectivity index (χ4v) is 2.59. The first-order valence-corrected chi connectivity index (χ1v) is 5.53. The van der Waals surface area contributed by atoms with Crippen LogP contribution >= 0.6 is 0 Å². The monoisotopic (exact) mass is 225 g/mol. The number of fused-ring (bicyclic) bond motifs is 1. The third kappa shape index (κ3) is 1.81. The molecule has 0 N–H and O–H groups in total. The van der Waals surface area contributed by atoms with Crippen molar-refractivity contribution in [2.75, 3.05) is 6.61 Å². The fourth-order valence-electron chi connectivity index (χ4n) is 2.59. The minimum Gasteiger partial charge on any atom is -0.447 e. The van der Waals surface area contributed by atoms with Crippen LogP contribution in [0.1, 0.15) is 26.2 Å². The third-order valence-corrected chi connectivity index (χ3v) is 3.36. The summed E-state index contributed by atoms with van der Waals surface area (Å²) in [6, 6.07) is -0.253. The molecule has 0 aromatic heterocycles. The van der Waals surface area contributed by atoms with E-state index < -0.39 is 0 Å². The molecule has 5 nitrogen and oxygen atoms in total. The highest BCUT2D eigenvalue weighted by atomic mass is 16.6. The van der Waals surface area contributed by atoms with Crippen LogP contribution in [0.2, 0.25) is 0 Å².